The number of anilines is 1. The molecule has 1 amide bonds. The lowest BCUT2D eigenvalue weighted by molar-refractivity contribution is -0.384. The van der Waals surface area contributed by atoms with E-state index in [0.29, 0.717) is 10.2 Å². The Morgan fingerprint density at radius 1 is 1.67 bits per heavy atom. The highest BCUT2D eigenvalue weighted by atomic mass is 79.9. The maximum absolute atomic E-state index is 11.7. The quantitative estimate of drug-likeness (QED) is 0.473. The van der Waals surface area contributed by atoms with Gasteiger partial charge >= 0.3 is 5.69 Å². The van der Waals surface area contributed by atoms with Gasteiger partial charge in [-0.15, -0.1) is 11.6 Å². The standard InChI is InChI=1S/C10H9BrClN3O3/c1-5-7(11)3-8(15(17)18)10(13-5)14-4-6(12)2-9(14)16/h3,6H,2,4H2,1H3. The second-order valence-corrected chi connectivity index (χ2v) is 5.43. The van der Waals surface area contributed by atoms with Gasteiger partial charge in [-0.25, -0.2) is 4.98 Å². The predicted octanol–water partition coefficient (Wildman–Crippen LogP) is 2.40. The van der Waals surface area contributed by atoms with Crippen LogP contribution in [0.2, 0.25) is 0 Å². The molecule has 1 unspecified atom stereocenters. The summed E-state index contributed by atoms with van der Waals surface area (Å²) in [5.41, 5.74) is 0.382. The van der Waals surface area contributed by atoms with E-state index in [4.69, 9.17) is 11.6 Å². The van der Waals surface area contributed by atoms with Crippen LogP contribution in [0, 0.1) is 17.0 Å². The largest absolute Gasteiger partial charge is 0.313 e. The van der Waals surface area contributed by atoms with Gasteiger partial charge in [-0.2, -0.15) is 0 Å². The van der Waals surface area contributed by atoms with Crippen molar-refractivity contribution in [2.45, 2.75) is 18.7 Å². The Morgan fingerprint density at radius 3 is 2.83 bits per heavy atom. The minimum absolute atomic E-state index is 0.0638. The first kappa shape index (κ1) is 13.2. The van der Waals surface area contributed by atoms with Gasteiger partial charge in [0, 0.05) is 23.5 Å². The average Bonchev–Trinajstić information content (AvgIpc) is 2.61. The highest BCUT2D eigenvalue weighted by molar-refractivity contribution is 9.10. The summed E-state index contributed by atoms with van der Waals surface area (Å²) in [6, 6.07) is 1.35. The van der Waals surface area contributed by atoms with Crippen LogP contribution in [0.1, 0.15) is 12.1 Å². The van der Waals surface area contributed by atoms with Crippen molar-refractivity contribution in [3.63, 3.8) is 0 Å². The summed E-state index contributed by atoms with van der Waals surface area (Å²) in [6.07, 6.45) is 0.176. The van der Waals surface area contributed by atoms with Crippen LogP contribution in [0.15, 0.2) is 10.5 Å². The number of carbonyl (C=O) groups excluding carboxylic acids is 1. The Balaban J connectivity index is 2.52. The van der Waals surface area contributed by atoms with E-state index in [2.05, 4.69) is 20.9 Å². The van der Waals surface area contributed by atoms with Gasteiger partial charge in [-0.1, -0.05) is 0 Å². The molecular formula is C10H9BrClN3O3. The predicted molar refractivity (Wildman–Crippen MR) is 69.9 cm³/mol. The zero-order chi connectivity index (χ0) is 13.4. The van der Waals surface area contributed by atoms with Gasteiger partial charge < -0.3 is 0 Å². The summed E-state index contributed by atoms with van der Waals surface area (Å²) in [6.45, 7) is 1.95. The van der Waals surface area contributed by atoms with Crippen molar-refractivity contribution in [1.29, 1.82) is 0 Å². The number of rotatable bonds is 2. The van der Waals surface area contributed by atoms with Gasteiger partial charge in [0.2, 0.25) is 11.7 Å². The minimum Gasteiger partial charge on any atom is -0.289 e. The molecule has 1 aromatic heterocycles. The number of alkyl halides is 1. The molecule has 18 heavy (non-hydrogen) atoms. The monoisotopic (exact) mass is 333 g/mol. The smallest absolute Gasteiger partial charge is 0.289 e. The average molecular weight is 335 g/mol. The Labute approximate surface area is 116 Å². The third-order valence-corrected chi connectivity index (χ3v) is 3.74. The first-order chi connectivity index (χ1) is 8.40. The molecule has 2 rings (SSSR count). The van der Waals surface area contributed by atoms with Gasteiger partial charge in [0.1, 0.15) is 0 Å². The van der Waals surface area contributed by atoms with Crippen molar-refractivity contribution in [3.8, 4) is 0 Å². The normalized spacial score (nSPS) is 19.4. The summed E-state index contributed by atoms with van der Waals surface area (Å²) in [7, 11) is 0. The first-order valence-corrected chi connectivity index (χ1v) is 6.39. The molecule has 0 aliphatic carbocycles. The number of pyridine rings is 1. The van der Waals surface area contributed by atoms with Crippen LogP contribution in [-0.4, -0.2) is 27.7 Å². The third kappa shape index (κ3) is 2.32. The number of hydrogen-bond acceptors (Lipinski definition) is 4. The highest BCUT2D eigenvalue weighted by Crippen LogP contribution is 2.33. The van der Waals surface area contributed by atoms with Gasteiger partial charge in [-0.05, 0) is 22.9 Å². The van der Waals surface area contributed by atoms with Crippen molar-refractivity contribution in [2.24, 2.45) is 0 Å². The van der Waals surface area contributed by atoms with E-state index in [9.17, 15) is 14.9 Å². The van der Waals surface area contributed by atoms with E-state index in [1.165, 1.54) is 11.0 Å². The van der Waals surface area contributed by atoms with E-state index >= 15 is 0 Å². The van der Waals surface area contributed by atoms with Crippen molar-refractivity contribution < 1.29 is 9.72 Å². The van der Waals surface area contributed by atoms with Gasteiger partial charge in [0.25, 0.3) is 0 Å². The molecule has 1 aliphatic rings. The van der Waals surface area contributed by atoms with Crippen LogP contribution in [0.5, 0.6) is 0 Å². The van der Waals surface area contributed by atoms with E-state index in [0.717, 1.165) is 0 Å². The maximum Gasteiger partial charge on any atom is 0.313 e. The SMILES string of the molecule is Cc1nc(N2CC(Cl)CC2=O)c([N+](=O)[O-])cc1Br. The molecule has 0 N–H and O–H groups in total. The molecular weight excluding hydrogens is 325 g/mol. The maximum atomic E-state index is 11.7. The molecule has 96 valence electrons. The van der Waals surface area contributed by atoms with Crippen LogP contribution in [-0.2, 0) is 4.79 Å². The number of halogens is 2. The Morgan fingerprint density at radius 2 is 2.33 bits per heavy atom. The zero-order valence-electron chi connectivity index (χ0n) is 9.39. The molecule has 1 saturated heterocycles. The minimum atomic E-state index is -0.554. The molecule has 1 aliphatic heterocycles. The zero-order valence-corrected chi connectivity index (χ0v) is 11.7. The Kier molecular flexibility index (Phi) is 3.54. The van der Waals surface area contributed by atoms with Crippen LogP contribution in [0.25, 0.3) is 0 Å². The lowest BCUT2D eigenvalue weighted by Crippen LogP contribution is -2.26. The molecule has 1 fully saturated rings. The van der Waals surface area contributed by atoms with Crippen molar-refractivity contribution >= 4 is 44.9 Å². The van der Waals surface area contributed by atoms with Crippen molar-refractivity contribution in [2.75, 3.05) is 11.4 Å². The second kappa shape index (κ2) is 4.81. The number of aromatic nitrogens is 1. The summed E-state index contributed by atoms with van der Waals surface area (Å²) < 4.78 is 0.534. The van der Waals surface area contributed by atoms with E-state index in [-0.39, 0.29) is 35.8 Å². The summed E-state index contributed by atoms with van der Waals surface area (Å²) in [5.74, 6) is -0.179. The fraction of sp³-hybridized carbons (Fsp3) is 0.400. The van der Waals surface area contributed by atoms with Crippen LogP contribution >= 0.6 is 27.5 Å². The molecule has 1 aromatic rings. The van der Waals surface area contributed by atoms with Gasteiger partial charge in [0.15, 0.2) is 0 Å². The number of nitro groups is 1. The van der Waals surface area contributed by atoms with Crippen LogP contribution < -0.4 is 4.90 Å². The molecule has 0 radical (unpaired) electrons. The topological polar surface area (TPSA) is 76.3 Å². The Bertz CT molecular complexity index is 537. The molecule has 0 aromatic carbocycles. The van der Waals surface area contributed by atoms with E-state index in [1.54, 1.807) is 6.92 Å². The van der Waals surface area contributed by atoms with Crippen LogP contribution in [0.4, 0.5) is 11.5 Å². The lowest BCUT2D eigenvalue weighted by atomic mass is 10.3. The molecule has 0 spiro atoms. The fourth-order valence-corrected chi connectivity index (χ4v) is 2.34. The third-order valence-electron chi connectivity index (χ3n) is 2.64. The molecule has 2 heterocycles. The molecule has 0 bridgehead atoms. The summed E-state index contributed by atoms with van der Waals surface area (Å²) in [5, 5.41) is 10.7. The number of nitrogens with zero attached hydrogens (tertiary/aromatic N) is 3. The number of carbonyl (C=O) groups is 1. The fourth-order valence-electron chi connectivity index (χ4n) is 1.76. The second-order valence-electron chi connectivity index (χ2n) is 3.96. The van der Waals surface area contributed by atoms with Crippen molar-refractivity contribution in [1.82, 2.24) is 4.98 Å². The van der Waals surface area contributed by atoms with Gasteiger partial charge in [0.05, 0.1) is 16.0 Å². The number of amides is 1. The lowest BCUT2D eigenvalue weighted by Gasteiger charge is -2.15. The van der Waals surface area contributed by atoms with E-state index < -0.39 is 4.92 Å². The molecule has 6 nitrogen and oxygen atoms in total. The number of hydrogen-bond donors (Lipinski definition) is 0. The first-order valence-electron chi connectivity index (χ1n) is 5.16. The van der Waals surface area contributed by atoms with Gasteiger partial charge in [-0.3, -0.25) is 19.8 Å². The summed E-state index contributed by atoms with van der Waals surface area (Å²) >= 11 is 9.07. The molecule has 1 atom stereocenters. The van der Waals surface area contributed by atoms with Crippen molar-refractivity contribution in [3.05, 3.63) is 26.3 Å². The van der Waals surface area contributed by atoms with E-state index in [1.807, 2.05) is 0 Å². The van der Waals surface area contributed by atoms with Crippen LogP contribution in [0.3, 0.4) is 0 Å². The highest BCUT2D eigenvalue weighted by Gasteiger charge is 2.34. The Hall–Kier alpha value is -1.21. The summed E-state index contributed by atoms with van der Waals surface area (Å²) in [4.78, 5) is 27.6. The molecule has 0 saturated carbocycles. The molecule has 8 heteroatoms. The number of aryl methyl sites for hydroxylation is 1.